The normalized spacial score (nSPS) is 11.8. The number of benzene rings is 6. The molecule has 4 heterocycles. The van der Waals surface area contributed by atoms with Crippen LogP contribution in [-0.4, -0.2) is 19.9 Å². The van der Waals surface area contributed by atoms with Crippen molar-refractivity contribution in [2.75, 3.05) is 0 Å². The topological polar surface area (TPSA) is 51.6 Å². The Morgan fingerprint density at radius 3 is 1.05 bits per heavy atom. The van der Waals surface area contributed by atoms with Gasteiger partial charge in [0.2, 0.25) is 0 Å². The van der Waals surface area contributed by atoms with Gasteiger partial charge in [-0.1, -0.05) is 166 Å². The number of fused-ring (bicyclic) bond motifs is 6. The van der Waals surface area contributed by atoms with Crippen molar-refractivity contribution in [1.29, 1.82) is 0 Å². The third-order valence-electron chi connectivity index (χ3n) is 11.0. The summed E-state index contributed by atoms with van der Waals surface area (Å²) in [5.41, 5.74) is 13.9. The van der Waals surface area contributed by atoms with Gasteiger partial charge in [0.15, 0.2) is 0 Å². The van der Waals surface area contributed by atoms with Crippen molar-refractivity contribution in [2.24, 2.45) is 0 Å². The SMILES string of the molecule is CC(C)(c1ccc(-c2ccc3ccc4ccc(-c5ccccc5)nc4c3n2)cc1)c1cccc(-c2ccc3ccc4ccc(-c5ccccc5)nc4c3n2)c1. The molecule has 10 rings (SSSR count). The predicted octanol–water partition coefficient (Wildman–Crippen LogP) is 12.9. The molecule has 4 nitrogen and oxygen atoms in total. The van der Waals surface area contributed by atoms with Crippen LogP contribution in [0.15, 0.2) is 182 Å². The lowest BCUT2D eigenvalue weighted by atomic mass is 9.77. The van der Waals surface area contributed by atoms with Crippen molar-refractivity contribution in [3.63, 3.8) is 0 Å². The van der Waals surface area contributed by atoms with E-state index in [2.05, 4.69) is 159 Å². The second-order valence-corrected chi connectivity index (χ2v) is 14.7. The van der Waals surface area contributed by atoms with Crippen molar-refractivity contribution < 1.29 is 0 Å². The van der Waals surface area contributed by atoms with Crippen LogP contribution in [0.2, 0.25) is 0 Å². The highest BCUT2D eigenvalue weighted by molar-refractivity contribution is 6.05. The van der Waals surface area contributed by atoms with E-state index in [-0.39, 0.29) is 5.41 Å². The summed E-state index contributed by atoms with van der Waals surface area (Å²) in [5, 5.41) is 4.32. The van der Waals surface area contributed by atoms with Crippen molar-refractivity contribution in [2.45, 2.75) is 19.3 Å². The highest BCUT2D eigenvalue weighted by atomic mass is 14.8. The van der Waals surface area contributed by atoms with Crippen LogP contribution in [0.4, 0.5) is 0 Å². The molecule has 0 aliphatic heterocycles. The smallest absolute Gasteiger partial charge is 0.0972 e. The van der Waals surface area contributed by atoms with Gasteiger partial charge in [-0.25, -0.2) is 19.9 Å². The predicted molar refractivity (Wildman–Crippen MR) is 228 cm³/mol. The van der Waals surface area contributed by atoms with Gasteiger partial charge < -0.3 is 0 Å². The summed E-state index contributed by atoms with van der Waals surface area (Å²) >= 11 is 0. The van der Waals surface area contributed by atoms with Gasteiger partial charge in [0, 0.05) is 49.2 Å². The summed E-state index contributed by atoms with van der Waals surface area (Å²) < 4.78 is 0. The maximum Gasteiger partial charge on any atom is 0.0972 e. The molecule has 0 bridgehead atoms. The third kappa shape index (κ3) is 5.89. The fourth-order valence-electron chi connectivity index (χ4n) is 7.69. The first-order valence-electron chi connectivity index (χ1n) is 18.7. The second kappa shape index (κ2) is 13.1. The molecule has 0 aliphatic rings. The zero-order valence-electron chi connectivity index (χ0n) is 30.6. The minimum atomic E-state index is -0.255. The Bertz CT molecular complexity index is 3040. The largest absolute Gasteiger partial charge is 0.245 e. The zero-order valence-corrected chi connectivity index (χ0v) is 30.6. The molecule has 55 heavy (non-hydrogen) atoms. The van der Waals surface area contributed by atoms with Gasteiger partial charge in [-0.05, 0) is 41.5 Å². The lowest BCUT2D eigenvalue weighted by Crippen LogP contribution is -2.18. The van der Waals surface area contributed by atoms with E-state index in [1.165, 1.54) is 11.1 Å². The van der Waals surface area contributed by atoms with E-state index in [0.29, 0.717) is 0 Å². The van der Waals surface area contributed by atoms with E-state index in [1.807, 2.05) is 36.4 Å². The quantitative estimate of drug-likeness (QED) is 0.162. The van der Waals surface area contributed by atoms with Crippen LogP contribution >= 0.6 is 0 Å². The van der Waals surface area contributed by atoms with Crippen molar-refractivity contribution >= 4 is 43.6 Å². The number of pyridine rings is 4. The van der Waals surface area contributed by atoms with Crippen LogP contribution in [0.1, 0.15) is 25.0 Å². The highest BCUT2D eigenvalue weighted by Gasteiger charge is 2.24. The zero-order chi connectivity index (χ0) is 36.9. The van der Waals surface area contributed by atoms with Gasteiger partial charge in [-0.2, -0.15) is 0 Å². The molecular formula is C51H36N4. The van der Waals surface area contributed by atoms with Gasteiger partial charge in [0.05, 0.1) is 44.8 Å². The molecule has 0 amide bonds. The summed E-state index contributed by atoms with van der Waals surface area (Å²) in [6.07, 6.45) is 0. The molecule has 10 aromatic rings. The first kappa shape index (κ1) is 32.6. The highest BCUT2D eigenvalue weighted by Crippen LogP contribution is 2.36. The van der Waals surface area contributed by atoms with Gasteiger partial charge in [0.25, 0.3) is 0 Å². The third-order valence-corrected chi connectivity index (χ3v) is 11.0. The van der Waals surface area contributed by atoms with Crippen LogP contribution in [0.25, 0.3) is 88.6 Å². The average Bonchev–Trinajstić information content (AvgIpc) is 3.26. The maximum atomic E-state index is 5.24. The molecule has 6 aromatic carbocycles. The van der Waals surface area contributed by atoms with Crippen molar-refractivity contribution in [3.05, 3.63) is 193 Å². The second-order valence-electron chi connectivity index (χ2n) is 14.7. The summed E-state index contributed by atoms with van der Waals surface area (Å²) in [6.45, 7) is 4.57. The van der Waals surface area contributed by atoms with Gasteiger partial charge in [0.1, 0.15) is 0 Å². The molecule has 0 aliphatic carbocycles. The number of hydrogen-bond donors (Lipinski definition) is 0. The molecule has 0 atom stereocenters. The first-order valence-corrected chi connectivity index (χ1v) is 18.7. The Hall–Kier alpha value is -7.04. The van der Waals surface area contributed by atoms with E-state index in [0.717, 1.165) is 88.6 Å². The van der Waals surface area contributed by atoms with E-state index in [1.54, 1.807) is 0 Å². The van der Waals surface area contributed by atoms with Crippen molar-refractivity contribution in [3.8, 4) is 45.0 Å². The number of aromatic nitrogens is 4. The Labute approximate surface area is 319 Å². The molecule has 0 fully saturated rings. The number of hydrogen-bond acceptors (Lipinski definition) is 4. The summed E-state index contributed by atoms with van der Waals surface area (Å²) in [5.74, 6) is 0. The first-order chi connectivity index (χ1) is 27.0. The molecule has 0 N–H and O–H groups in total. The molecule has 260 valence electrons. The minimum absolute atomic E-state index is 0.255. The fraction of sp³-hybridized carbons (Fsp3) is 0.0588. The van der Waals surface area contributed by atoms with Crippen molar-refractivity contribution in [1.82, 2.24) is 19.9 Å². The van der Waals surface area contributed by atoms with Crippen LogP contribution in [0, 0.1) is 0 Å². The molecule has 0 unspecified atom stereocenters. The lowest BCUT2D eigenvalue weighted by molar-refractivity contribution is 0.641. The van der Waals surface area contributed by atoms with Crippen LogP contribution in [-0.2, 0) is 5.41 Å². The minimum Gasteiger partial charge on any atom is -0.245 e. The van der Waals surface area contributed by atoms with E-state index < -0.39 is 0 Å². The summed E-state index contributed by atoms with van der Waals surface area (Å²) in [6, 6.07) is 63.8. The molecule has 0 saturated heterocycles. The summed E-state index contributed by atoms with van der Waals surface area (Å²) in [7, 11) is 0. The van der Waals surface area contributed by atoms with Gasteiger partial charge >= 0.3 is 0 Å². The van der Waals surface area contributed by atoms with E-state index in [4.69, 9.17) is 19.9 Å². The monoisotopic (exact) mass is 704 g/mol. The van der Waals surface area contributed by atoms with Crippen LogP contribution in [0.5, 0.6) is 0 Å². The molecule has 4 heteroatoms. The van der Waals surface area contributed by atoms with Crippen LogP contribution in [0.3, 0.4) is 0 Å². The van der Waals surface area contributed by atoms with E-state index in [9.17, 15) is 0 Å². The molecule has 0 radical (unpaired) electrons. The standard InChI is InChI=1S/C51H36N4/c1-51(2,41-26-20-35(21-27-41)45-30-24-38-17-16-36-22-28-43(33-10-5-3-6-11-33)52-47(36)48(38)54-45)42-15-9-14-40(32-42)46-31-25-39-19-18-37-23-29-44(34-12-7-4-8-13-34)53-49(37)50(39)55-46/h3-32H,1-2H3. The summed E-state index contributed by atoms with van der Waals surface area (Å²) in [4.78, 5) is 20.6. The maximum absolute atomic E-state index is 5.24. The molecule has 0 saturated carbocycles. The van der Waals surface area contributed by atoms with E-state index >= 15 is 0 Å². The lowest BCUT2D eigenvalue weighted by Gasteiger charge is -2.27. The fourth-order valence-corrected chi connectivity index (χ4v) is 7.69. The Morgan fingerprint density at radius 1 is 0.291 bits per heavy atom. The molecular weight excluding hydrogens is 669 g/mol. The van der Waals surface area contributed by atoms with Gasteiger partial charge in [-0.15, -0.1) is 0 Å². The van der Waals surface area contributed by atoms with Crippen LogP contribution < -0.4 is 0 Å². The average molecular weight is 705 g/mol. The number of nitrogens with zero attached hydrogens (tertiary/aromatic N) is 4. The number of rotatable bonds is 6. The Balaban J connectivity index is 0.973. The molecule has 0 spiro atoms. The Morgan fingerprint density at radius 2 is 0.636 bits per heavy atom. The molecule has 4 aromatic heterocycles. The Kier molecular flexibility index (Phi) is 7.77. The van der Waals surface area contributed by atoms with Gasteiger partial charge in [-0.3, -0.25) is 0 Å².